The van der Waals surface area contributed by atoms with Crippen LogP contribution in [-0.4, -0.2) is 26.1 Å². The van der Waals surface area contributed by atoms with Gasteiger partial charge in [-0.3, -0.25) is 4.79 Å². The zero-order valence-corrected chi connectivity index (χ0v) is 14.1. The van der Waals surface area contributed by atoms with Gasteiger partial charge in [0, 0.05) is 16.2 Å². The number of sulfone groups is 1. The molecule has 3 N–H and O–H groups in total. The van der Waals surface area contributed by atoms with Crippen molar-refractivity contribution in [1.82, 2.24) is 5.32 Å². The summed E-state index contributed by atoms with van der Waals surface area (Å²) in [5, 5.41) is 2.68. The number of nitrogens with two attached hydrogens (primary N) is 1. The van der Waals surface area contributed by atoms with Crippen molar-refractivity contribution in [3.8, 4) is 0 Å². The Morgan fingerprint density at radius 2 is 1.95 bits per heavy atom. The molecule has 0 aromatic heterocycles. The van der Waals surface area contributed by atoms with Crippen molar-refractivity contribution in [2.24, 2.45) is 5.92 Å². The first-order chi connectivity index (χ1) is 9.13. The number of carbonyl (C=O) groups is 1. The fraction of sp³-hybridized carbons (Fsp3) is 0.462. The molecule has 1 atom stereocenters. The van der Waals surface area contributed by atoms with Crippen molar-refractivity contribution >= 4 is 37.4 Å². The molecular formula is C13H19BrN2O3S. The van der Waals surface area contributed by atoms with E-state index in [1.807, 2.05) is 20.8 Å². The Balaban J connectivity index is 2.87. The summed E-state index contributed by atoms with van der Waals surface area (Å²) in [6.45, 7) is 5.75. The lowest BCUT2D eigenvalue weighted by Gasteiger charge is -2.17. The molecule has 1 aromatic carbocycles. The van der Waals surface area contributed by atoms with E-state index in [0.717, 1.165) is 0 Å². The second kappa shape index (κ2) is 6.58. The Hall–Kier alpha value is -1.08. The predicted molar refractivity (Wildman–Crippen MR) is 83.0 cm³/mol. The molecule has 0 bridgehead atoms. The fourth-order valence-electron chi connectivity index (χ4n) is 1.48. The van der Waals surface area contributed by atoms with E-state index in [0.29, 0.717) is 10.2 Å². The van der Waals surface area contributed by atoms with Gasteiger partial charge < -0.3 is 11.1 Å². The largest absolute Gasteiger partial charge is 0.399 e. The number of carbonyl (C=O) groups excluding carboxylic acids is 1. The number of rotatable bonds is 5. The monoisotopic (exact) mass is 362 g/mol. The molecule has 0 aliphatic rings. The van der Waals surface area contributed by atoms with E-state index in [1.54, 1.807) is 0 Å². The summed E-state index contributed by atoms with van der Waals surface area (Å²) < 4.78 is 24.8. The summed E-state index contributed by atoms with van der Waals surface area (Å²) in [6.07, 6.45) is 0. The highest BCUT2D eigenvalue weighted by Crippen LogP contribution is 2.25. The zero-order valence-electron chi connectivity index (χ0n) is 11.7. The Morgan fingerprint density at radius 1 is 1.35 bits per heavy atom. The maximum absolute atomic E-state index is 12.2. The molecule has 0 heterocycles. The molecule has 5 nitrogen and oxygen atoms in total. The minimum absolute atomic E-state index is 0.0686. The van der Waals surface area contributed by atoms with Crippen molar-refractivity contribution in [2.75, 3.05) is 11.5 Å². The maximum atomic E-state index is 12.2. The SMILES string of the molecule is CC(C)C(C)NC(=O)CS(=O)(=O)c1ccc(N)cc1Br. The summed E-state index contributed by atoms with van der Waals surface area (Å²) in [6, 6.07) is 4.31. The van der Waals surface area contributed by atoms with E-state index in [9.17, 15) is 13.2 Å². The molecule has 0 spiro atoms. The van der Waals surface area contributed by atoms with E-state index in [2.05, 4.69) is 21.2 Å². The molecule has 0 saturated heterocycles. The number of halogens is 1. The standard InChI is InChI=1S/C13H19BrN2O3S/c1-8(2)9(3)16-13(17)7-20(18,19)12-5-4-10(15)6-11(12)14/h4-6,8-9H,7,15H2,1-3H3,(H,16,17). The van der Waals surface area contributed by atoms with Crippen LogP contribution in [0.2, 0.25) is 0 Å². The number of hydrogen-bond acceptors (Lipinski definition) is 4. The predicted octanol–water partition coefficient (Wildman–Crippen LogP) is 1.97. The fourth-order valence-corrected chi connectivity index (χ4v) is 3.83. The highest BCUT2D eigenvalue weighted by Gasteiger charge is 2.23. The number of nitrogens with one attached hydrogen (secondary N) is 1. The van der Waals surface area contributed by atoms with Crippen LogP contribution in [0.5, 0.6) is 0 Å². The third-order valence-electron chi connectivity index (χ3n) is 3.00. The molecule has 0 radical (unpaired) electrons. The Labute approximate surface area is 128 Å². The highest BCUT2D eigenvalue weighted by atomic mass is 79.9. The van der Waals surface area contributed by atoms with Gasteiger partial charge in [-0.1, -0.05) is 13.8 Å². The van der Waals surface area contributed by atoms with E-state index in [1.165, 1.54) is 18.2 Å². The van der Waals surface area contributed by atoms with Crippen molar-refractivity contribution in [2.45, 2.75) is 31.7 Å². The van der Waals surface area contributed by atoms with Gasteiger partial charge in [0.05, 0.1) is 4.90 Å². The van der Waals surface area contributed by atoms with Gasteiger partial charge in [-0.05, 0) is 47.0 Å². The first kappa shape index (κ1) is 17.0. The van der Waals surface area contributed by atoms with Crippen LogP contribution >= 0.6 is 15.9 Å². The molecule has 7 heteroatoms. The van der Waals surface area contributed by atoms with Gasteiger partial charge in [-0.15, -0.1) is 0 Å². The van der Waals surface area contributed by atoms with Gasteiger partial charge in [0.15, 0.2) is 9.84 Å². The molecule has 1 aromatic rings. The van der Waals surface area contributed by atoms with E-state index in [-0.39, 0.29) is 16.9 Å². The lowest BCUT2D eigenvalue weighted by molar-refractivity contribution is -0.119. The van der Waals surface area contributed by atoms with Crippen LogP contribution < -0.4 is 11.1 Å². The van der Waals surface area contributed by atoms with Crippen molar-refractivity contribution in [1.29, 1.82) is 0 Å². The molecule has 0 aliphatic carbocycles. The van der Waals surface area contributed by atoms with E-state index in [4.69, 9.17) is 5.73 Å². The summed E-state index contributed by atoms with van der Waals surface area (Å²) >= 11 is 3.16. The minimum Gasteiger partial charge on any atom is -0.399 e. The highest BCUT2D eigenvalue weighted by molar-refractivity contribution is 9.10. The molecular weight excluding hydrogens is 344 g/mol. The van der Waals surface area contributed by atoms with Crippen LogP contribution in [0.3, 0.4) is 0 Å². The quantitative estimate of drug-likeness (QED) is 0.783. The van der Waals surface area contributed by atoms with Crippen LogP contribution in [-0.2, 0) is 14.6 Å². The van der Waals surface area contributed by atoms with Crippen molar-refractivity contribution in [3.05, 3.63) is 22.7 Å². The average molecular weight is 363 g/mol. The van der Waals surface area contributed by atoms with Crippen LogP contribution in [0, 0.1) is 5.92 Å². The molecule has 0 saturated carbocycles. The second-order valence-electron chi connectivity index (χ2n) is 5.05. The molecule has 0 aliphatic heterocycles. The van der Waals surface area contributed by atoms with Crippen LogP contribution in [0.1, 0.15) is 20.8 Å². The topological polar surface area (TPSA) is 89.3 Å². The van der Waals surface area contributed by atoms with Gasteiger partial charge in [0.1, 0.15) is 5.75 Å². The van der Waals surface area contributed by atoms with E-state index < -0.39 is 21.5 Å². The molecule has 1 amide bonds. The van der Waals surface area contributed by atoms with Crippen LogP contribution in [0.4, 0.5) is 5.69 Å². The van der Waals surface area contributed by atoms with Gasteiger partial charge in [0.2, 0.25) is 5.91 Å². The summed E-state index contributed by atoms with van der Waals surface area (Å²) in [5.41, 5.74) is 6.02. The molecule has 1 unspecified atom stereocenters. The Morgan fingerprint density at radius 3 is 2.45 bits per heavy atom. The molecule has 112 valence electrons. The normalized spacial score (nSPS) is 13.2. The molecule has 1 rings (SSSR count). The third kappa shape index (κ3) is 4.49. The Bertz CT molecular complexity index is 600. The summed E-state index contributed by atoms with van der Waals surface area (Å²) in [7, 11) is -3.69. The van der Waals surface area contributed by atoms with Gasteiger partial charge in [0.25, 0.3) is 0 Å². The van der Waals surface area contributed by atoms with Gasteiger partial charge in [-0.25, -0.2) is 8.42 Å². The lowest BCUT2D eigenvalue weighted by Crippen LogP contribution is -2.39. The first-order valence-corrected chi connectivity index (χ1v) is 8.65. The third-order valence-corrected chi connectivity index (χ3v) is 5.59. The number of amides is 1. The van der Waals surface area contributed by atoms with Crippen LogP contribution in [0.25, 0.3) is 0 Å². The summed E-state index contributed by atoms with van der Waals surface area (Å²) in [4.78, 5) is 11.9. The number of hydrogen-bond donors (Lipinski definition) is 2. The maximum Gasteiger partial charge on any atom is 0.235 e. The average Bonchev–Trinajstić information content (AvgIpc) is 2.26. The summed E-state index contributed by atoms with van der Waals surface area (Å²) in [5.74, 6) is -0.841. The zero-order chi connectivity index (χ0) is 15.5. The first-order valence-electron chi connectivity index (χ1n) is 6.20. The molecule has 20 heavy (non-hydrogen) atoms. The van der Waals surface area contributed by atoms with Gasteiger partial charge in [-0.2, -0.15) is 0 Å². The molecule has 0 fully saturated rings. The number of anilines is 1. The minimum atomic E-state index is -3.69. The lowest BCUT2D eigenvalue weighted by atomic mass is 10.1. The smallest absolute Gasteiger partial charge is 0.235 e. The van der Waals surface area contributed by atoms with Crippen molar-refractivity contribution in [3.63, 3.8) is 0 Å². The Kier molecular flexibility index (Phi) is 5.59. The van der Waals surface area contributed by atoms with E-state index >= 15 is 0 Å². The second-order valence-corrected chi connectivity index (χ2v) is 7.86. The number of benzene rings is 1. The van der Waals surface area contributed by atoms with Gasteiger partial charge >= 0.3 is 0 Å². The number of nitrogen functional groups attached to an aromatic ring is 1. The van der Waals surface area contributed by atoms with Crippen molar-refractivity contribution < 1.29 is 13.2 Å². The van der Waals surface area contributed by atoms with Crippen LogP contribution in [0.15, 0.2) is 27.6 Å².